The Balaban J connectivity index is 1.97. The van der Waals surface area contributed by atoms with Gasteiger partial charge in [0.15, 0.2) is 0 Å². The van der Waals surface area contributed by atoms with Crippen LogP contribution in [-0.2, 0) is 6.42 Å². The summed E-state index contributed by atoms with van der Waals surface area (Å²) in [6.07, 6.45) is 1.81. The van der Waals surface area contributed by atoms with Gasteiger partial charge in [-0.05, 0) is 25.0 Å². The van der Waals surface area contributed by atoms with Crippen molar-refractivity contribution < 1.29 is 9.18 Å². The molecule has 1 aromatic carbocycles. The van der Waals surface area contributed by atoms with E-state index in [1.807, 2.05) is 25.1 Å². The first-order valence-electron chi connectivity index (χ1n) is 6.77. The summed E-state index contributed by atoms with van der Waals surface area (Å²) in [4.78, 5) is 15.9. The smallest absolute Gasteiger partial charge is 0.255 e. The zero-order valence-corrected chi connectivity index (χ0v) is 12.1. The molecule has 0 atom stereocenters. The Bertz CT molecular complexity index is 643. The maximum atomic E-state index is 13.2. The highest BCUT2D eigenvalue weighted by Gasteiger charge is 2.12. The molecule has 2 N–H and O–H groups in total. The number of anilines is 1. The van der Waals surface area contributed by atoms with Crippen molar-refractivity contribution in [3.63, 3.8) is 0 Å². The minimum Gasteiger partial charge on any atom is -0.372 e. The van der Waals surface area contributed by atoms with E-state index < -0.39 is 5.82 Å². The molecule has 0 unspecified atom stereocenters. The van der Waals surface area contributed by atoms with E-state index in [2.05, 4.69) is 21.7 Å². The summed E-state index contributed by atoms with van der Waals surface area (Å²) in [7, 11) is 1.64. The highest BCUT2D eigenvalue weighted by atomic mass is 19.1. The van der Waals surface area contributed by atoms with E-state index >= 15 is 0 Å². The van der Waals surface area contributed by atoms with Crippen molar-refractivity contribution in [3.05, 3.63) is 59.0 Å². The molecule has 1 aromatic heterocycles. The van der Waals surface area contributed by atoms with Gasteiger partial charge in [-0.3, -0.25) is 4.79 Å². The number of amides is 1. The second-order valence-electron chi connectivity index (χ2n) is 4.79. The molecule has 0 aliphatic rings. The second-order valence-corrected chi connectivity index (χ2v) is 4.79. The molecule has 4 nitrogen and oxygen atoms in total. The normalized spacial score (nSPS) is 10.2. The monoisotopic (exact) mass is 287 g/mol. The van der Waals surface area contributed by atoms with Crippen LogP contribution in [0.4, 0.5) is 10.2 Å². The van der Waals surface area contributed by atoms with Crippen LogP contribution in [0.2, 0.25) is 0 Å². The van der Waals surface area contributed by atoms with Crippen molar-refractivity contribution in [1.29, 1.82) is 0 Å². The van der Waals surface area contributed by atoms with Crippen molar-refractivity contribution in [3.8, 4) is 0 Å². The third kappa shape index (κ3) is 4.02. The molecule has 0 aliphatic heterocycles. The predicted octanol–water partition coefficient (Wildman–Crippen LogP) is 2.54. The molecule has 0 fully saturated rings. The summed E-state index contributed by atoms with van der Waals surface area (Å²) in [6.45, 7) is 2.52. The van der Waals surface area contributed by atoms with Gasteiger partial charge in [-0.2, -0.15) is 0 Å². The summed E-state index contributed by atoms with van der Waals surface area (Å²) >= 11 is 0. The van der Waals surface area contributed by atoms with Crippen molar-refractivity contribution in [2.75, 3.05) is 18.9 Å². The molecule has 0 saturated heterocycles. The summed E-state index contributed by atoms with van der Waals surface area (Å²) in [5, 5.41) is 5.56. The number of nitrogens with one attached hydrogen (secondary N) is 2. The van der Waals surface area contributed by atoms with E-state index in [1.54, 1.807) is 7.05 Å². The number of pyridine rings is 1. The van der Waals surface area contributed by atoms with Gasteiger partial charge in [0.1, 0.15) is 11.6 Å². The van der Waals surface area contributed by atoms with Crippen LogP contribution in [0.5, 0.6) is 0 Å². The SMILES string of the molecule is CNc1ncc(F)cc1C(=O)NCCc1cccc(C)c1. The van der Waals surface area contributed by atoms with Crippen LogP contribution in [0.3, 0.4) is 0 Å². The van der Waals surface area contributed by atoms with E-state index in [0.29, 0.717) is 12.4 Å². The fourth-order valence-corrected chi connectivity index (χ4v) is 2.09. The molecular formula is C16H18FN3O. The lowest BCUT2D eigenvalue weighted by atomic mass is 10.1. The molecule has 0 aliphatic carbocycles. The van der Waals surface area contributed by atoms with Crippen LogP contribution in [0.1, 0.15) is 21.5 Å². The van der Waals surface area contributed by atoms with Crippen LogP contribution in [0.15, 0.2) is 36.5 Å². The summed E-state index contributed by atoms with van der Waals surface area (Å²) in [5.41, 5.74) is 2.55. The highest BCUT2D eigenvalue weighted by Crippen LogP contribution is 2.12. The first kappa shape index (κ1) is 15.0. The van der Waals surface area contributed by atoms with E-state index in [1.165, 1.54) is 11.6 Å². The fourth-order valence-electron chi connectivity index (χ4n) is 2.09. The number of carbonyl (C=O) groups excluding carboxylic acids is 1. The lowest BCUT2D eigenvalue weighted by Gasteiger charge is -2.09. The van der Waals surface area contributed by atoms with Crippen molar-refractivity contribution in [2.45, 2.75) is 13.3 Å². The molecular weight excluding hydrogens is 269 g/mol. The van der Waals surface area contributed by atoms with Crippen LogP contribution in [0, 0.1) is 12.7 Å². The number of hydrogen-bond acceptors (Lipinski definition) is 3. The molecule has 2 aromatic rings. The van der Waals surface area contributed by atoms with Gasteiger partial charge in [0.25, 0.3) is 5.91 Å². The van der Waals surface area contributed by atoms with Gasteiger partial charge in [0.2, 0.25) is 0 Å². The van der Waals surface area contributed by atoms with Crippen LogP contribution in [0.25, 0.3) is 0 Å². The van der Waals surface area contributed by atoms with Crippen LogP contribution >= 0.6 is 0 Å². The third-order valence-corrected chi connectivity index (χ3v) is 3.12. The minimum atomic E-state index is -0.530. The first-order chi connectivity index (χ1) is 10.1. The lowest BCUT2D eigenvalue weighted by molar-refractivity contribution is 0.0954. The number of carbonyl (C=O) groups is 1. The van der Waals surface area contributed by atoms with Gasteiger partial charge in [-0.1, -0.05) is 29.8 Å². The zero-order valence-electron chi connectivity index (χ0n) is 12.1. The molecule has 0 radical (unpaired) electrons. The van der Waals surface area contributed by atoms with Crippen molar-refractivity contribution in [2.24, 2.45) is 0 Å². The maximum absolute atomic E-state index is 13.2. The number of hydrogen-bond donors (Lipinski definition) is 2. The second kappa shape index (κ2) is 6.83. The van der Waals surface area contributed by atoms with Gasteiger partial charge in [0.05, 0.1) is 11.8 Å². The van der Waals surface area contributed by atoms with Gasteiger partial charge >= 0.3 is 0 Å². The summed E-state index contributed by atoms with van der Waals surface area (Å²) in [6, 6.07) is 9.29. The molecule has 0 saturated carbocycles. The molecule has 5 heteroatoms. The molecule has 21 heavy (non-hydrogen) atoms. The molecule has 1 heterocycles. The van der Waals surface area contributed by atoms with E-state index in [-0.39, 0.29) is 11.5 Å². The topological polar surface area (TPSA) is 54.0 Å². The molecule has 0 bridgehead atoms. The maximum Gasteiger partial charge on any atom is 0.255 e. The van der Waals surface area contributed by atoms with Crippen molar-refractivity contribution in [1.82, 2.24) is 10.3 Å². The predicted molar refractivity (Wildman–Crippen MR) is 81.0 cm³/mol. The number of nitrogens with zero attached hydrogens (tertiary/aromatic N) is 1. The Hall–Kier alpha value is -2.43. The van der Waals surface area contributed by atoms with Crippen molar-refractivity contribution >= 4 is 11.7 Å². The van der Waals surface area contributed by atoms with E-state index in [9.17, 15) is 9.18 Å². The van der Waals surface area contributed by atoms with Gasteiger partial charge < -0.3 is 10.6 Å². The number of rotatable bonds is 5. The Morgan fingerprint density at radius 1 is 1.33 bits per heavy atom. The Kier molecular flexibility index (Phi) is 4.87. The number of aromatic nitrogens is 1. The van der Waals surface area contributed by atoms with Crippen LogP contribution in [-0.4, -0.2) is 24.5 Å². The molecule has 110 valence electrons. The van der Waals surface area contributed by atoms with Crippen LogP contribution < -0.4 is 10.6 Å². The standard InChI is InChI=1S/C16H18FN3O/c1-11-4-3-5-12(8-11)6-7-19-16(21)14-9-13(17)10-20-15(14)18-2/h3-5,8-10H,6-7H2,1-2H3,(H,18,20)(H,19,21). The average molecular weight is 287 g/mol. The summed E-state index contributed by atoms with van der Waals surface area (Å²) in [5.74, 6) is -0.499. The Labute approximate surface area is 123 Å². The summed E-state index contributed by atoms with van der Waals surface area (Å²) < 4.78 is 13.2. The van der Waals surface area contributed by atoms with Gasteiger partial charge in [-0.15, -0.1) is 0 Å². The van der Waals surface area contributed by atoms with E-state index in [0.717, 1.165) is 18.2 Å². The minimum absolute atomic E-state index is 0.210. The first-order valence-corrected chi connectivity index (χ1v) is 6.77. The Morgan fingerprint density at radius 3 is 2.86 bits per heavy atom. The molecule has 1 amide bonds. The van der Waals surface area contributed by atoms with Gasteiger partial charge in [-0.25, -0.2) is 9.37 Å². The number of benzene rings is 1. The Morgan fingerprint density at radius 2 is 2.14 bits per heavy atom. The highest BCUT2D eigenvalue weighted by molar-refractivity contribution is 5.98. The quantitative estimate of drug-likeness (QED) is 0.888. The largest absolute Gasteiger partial charge is 0.372 e. The fraction of sp³-hybridized carbons (Fsp3) is 0.250. The molecule has 2 rings (SSSR count). The number of aryl methyl sites for hydroxylation is 1. The molecule has 0 spiro atoms. The average Bonchev–Trinajstić information content (AvgIpc) is 2.47. The zero-order chi connectivity index (χ0) is 15.2. The number of halogens is 1. The van der Waals surface area contributed by atoms with E-state index in [4.69, 9.17) is 0 Å². The third-order valence-electron chi connectivity index (χ3n) is 3.12. The lowest BCUT2D eigenvalue weighted by Crippen LogP contribution is -2.26. The van der Waals surface area contributed by atoms with Gasteiger partial charge in [0, 0.05) is 13.6 Å².